The van der Waals surface area contributed by atoms with Gasteiger partial charge in [0.25, 0.3) is 5.91 Å². The van der Waals surface area contributed by atoms with Gasteiger partial charge in [-0.05, 0) is 31.2 Å². The molecular formula is C22H17F5N6OS. The summed E-state index contributed by atoms with van der Waals surface area (Å²) in [6.45, 7) is 1.48. The van der Waals surface area contributed by atoms with Crippen molar-refractivity contribution < 1.29 is 26.7 Å². The minimum Gasteiger partial charge on any atom is -0.349 e. The molecule has 0 bridgehead atoms. The van der Waals surface area contributed by atoms with Gasteiger partial charge in [0.15, 0.2) is 5.01 Å². The summed E-state index contributed by atoms with van der Waals surface area (Å²) >= 11 is 0.789. The van der Waals surface area contributed by atoms with Crippen molar-refractivity contribution in [2.75, 3.05) is 6.54 Å². The molecule has 0 aliphatic heterocycles. The van der Waals surface area contributed by atoms with Crippen LogP contribution in [0.1, 0.15) is 33.7 Å². The molecule has 0 saturated heterocycles. The first kappa shape index (κ1) is 24.4. The van der Waals surface area contributed by atoms with Gasteiger partial charge in [0.2, 0.25) is 5.01 Å². The van der Waals surface area contributed by atoms with Crippen molar-refractivity contribution in [2.24, 2.45) is 7.05 Å². The lowest BCUT2D eigenvalue weighted by atomic mass is 9.80. The maximum atomic E-state index is 14.0. The summed E-state index contributed by atoms with van der Waals surface area (Å²) in [5.74, 6) is -2.28. The van der Waals surface area contributed by atoms with E-state index in [4.69, 9.17) is 0 Å². The van der Waals surface area contributed by atoms with E-state index < -0.39 is 34.8 Å². The molecule has 1 atom stereocenters. The molecule has 0 aliphatic carbocycles. The molecule has 3 heterocycles. The van der Waals surface area contributed by atoms with Crippen molar-refractivity contribution in [1.82, 2.24) is 30.3 Å². The van der Waals surface area contributed by atoms with Crippen LogP contribution in [-0.2, 0) is 18.6 Å². The average molecular weight is 508 g/mol. The van der Waals surface area contributed by atoms with Crippen molar-refractivity contribution in [3.8, 4) is 10.6 Å². The molecule has 1 aromatic carbocycles. The Morgan fingerprint density at radius 1 is 1.11 bits per heavy atom. The number of nitrogens with zero attached hydrogens (tertiary/aromatic N) is 5. The topological polar surface area (TPSA) is 85.6 Å². The van der Waals surface area contributed by atoms with Gasteiger partial charge in [0.05, 0.1) is 17.3 Å². The molecule has 0 saturated carbocycles. The number of aromatic nitrogens is 5. The minimum absolute atomic E-state index is 0.0173. The lowest BCUT2D eigenvalue weighted by Crippen LogP contribution is -2.40. The highest BCUT2D eigenvalue weighted by Gasteiger charge is 2.37. The number of benzene rings is 1. The fraction of sp³-hybridized carbons (Fsp3) is 0.227. The molecule has 13 heteroatoms. The third-order valence-corrected chi connectivity index (χ3v) is 6.29. The van der Waals surface area contributed by atoms with Crippen LogP contribution in [0.25, 0.3) is 10.6 Å². The van der Waals surface area contributed by atoms with Gasteiger partial charge in [-0.3, -0.25) is 9.48 Å². The highest BCUT2D eigenvalue weighted by atomic mass is 32.1. The number of halogens is 5. The van der Waals surface area contributed by atoms with Gasteiger partial charge in [0, 0.05) is 37.0 Å². The maximum absolute atomic E-state index is 14.0. The van der Waals surface area contributed by atoms with Crippen LogP contribution in [0.2, 0.25) is 0 Å². The third kappa shape index (κ3) is 5.04. The van der Waals surface area contributed by atoms with Crippen LogP contribution in [0, 0.1) is 11.6 Å². The van der Waals surface area contributed by atoms with E-state index in [1.807, 2.05) is 0 Å². The van der Waals surface area contributed by atoms with Crippen LogP contribution in [0.4, 0.5) is 22.0 Å². The number of carbonyl (C=O) groups excluding carboxylic acids is 1. The molecule has 1 amide bonds. The predicted molar refractivity (Wildman–Crippen MR) is 116 cm³/mol. The van der Waals surface area contributed by atoms with Gasteiger partial charge < -0.3 is 5.32 Å². The van der Waals surface area contributed by atoms with Gasteiger partial charge in [-0.1, -0.05) is 17.4 Å². The van der Waals surface area contributed by atoms with E-state index >= 15 is 0 Å². The van der Waals surface area contributed by atoms with E-state index in [0.29, 0.717) is 11.6 Å². The molecular weight excluding hydrogens is 491 g/mol. The number of alkyl halides is 3. The van der Waals surface area contributed by atoms with E-state index in [1.54, 1.807) is 20.2 Å². The standard InChI is InChI=1S/C22H17F5N6OS/c1-21(12-9-29-33(2)10-12,16-4-3-5-17(30-16)22(25,26)27)11-28-18(34)20-32-31-19(35-20)14-7-6-13(23)8-15(14)24/h3-10H,11H2,1-2H3,(H,28,34). The van der Waals surface area contributed by atoms with Gasteiger partial charge in [-0.25, -0.2) is 13.8 Å². The first-order valence-electron chi connectivity index (χ1n) is 10.1. The van der Waals surface area contributed by atoms with Crippen molar-refractivity contribution in [3.05, 3.63) is 82.4 Å². The zero-order valence-electron chi connectivity index (χ0n) is 18.3. The normalized spacial score (nSPS) is 13.5. The Morgan fingerprint density at radius 3 is 2.51 bits per heavy atom. The van der Waals surface area contributed by atoms with Gasteiger partial charge in [-0.2, -0.15) is 18.3 Å². The zero-order valence-corrected chi connectivity index (χ0v) is 19.1. The number of pyridine rings is 1. The van der Waals surface area contributed by atoms with E-state index in [9.17, 15) is 26.7 Å². The van der Waals surface area contributed by atoms with Crippen LogP contribution in [0.15, 0.2) is 48.8 Å². The summed E-state index contributed by atoms with van der Waals surface area (Å²) in [5, 5.41) is 14.3. The third-order valence-electron chi connectivity index (χ3n) is 5.33. The monoisotopic (exact) mass is 508 g/mol. The quantitative estimate of drug-likeness (QED) is 0.391. The second kappa shape index (κ2) is 9.13. The number of hydrogen-bond acceptors (Lipinski definition) is 6. The Hall–Kier alpha value is -3.74. The summed E-state index contributed by atoms with van der Waals surface area (Å²) < 4.78 is 68.5. The second-order valence-electron chi connectivity index (χ2n) is 7.86. The molecule has 0 radical (unpaired) electrons. The first-order chi connectivity index (χ1) is 16.5. The zero-order chi connectivity index (χ0) is 25.4. The van der Waals surface area contributed by atoms with Crippen LogP contribution < -0.4 is 5.32 Å². The molecule has 1 unspecified atom stereocenters. The highest BCUT2D eigenvalue weighted by molar-refractivity contribution is 7.16. The Labute approximate surface area is 199 Å². The maximum Gasteiger partial charge on any atom is 0.433 e. The van der Waals surface area contributed by atoms with Gasteiger partial charge in [-0.15, -0.1) is 10.2 Å². The number of nitrogens with one attached hydrogen (secondary N) is 1. The van der Waals surface area contributed by atoms with E-state index in [-0.39, 0.29) is 27.8 Å². The van der Waals surface area contributed by atoms with Gasteiger partial charge >= 0.3 is 6.18 Å². The largest absolute Gasteiger partial charge is 0.433 e. The Bertz CT molecular complexity index is 1380. The molecule has 0 fully saturated rings. The van der Waals surface area contributed by atoms with E-state index in [0.717, 1.165) is 23.5 Å². The molecule has 1 N–H and O–H groups in total. The molecule has 35 heavy (non-hydrogen) atoms. The number of hydrogen-bond donors (Lipinski definition) is 1. The summed E-state index contributed by atoms with van der Waals surface area (Å²) in [6.07, 6.45) is -1.55. The SMILES string of the molecule is Cn1cc(C(C)(CNC(=O)c2nnc(-c3ccc(F)cc3F)s2)c2cccc(C(F)(F)F)n2)cn1. The van der Waals surface area contributed by atoms with Crippen LogP contribution in [-0.4, -0.2) is 37.4 Å². The highest BCUT2D eigenvalue weighted by Crippen LogP contribution is 2.34. The lowest BCUT2D eigenvalue weighted by molar-refractivity contribution is -0.141. The van der Waals surface area contributed by atoms with Crippen LogP contribution >= 0.6 is 11.3 Å². The van der Waals surface area contributed by atoms with Crippen molar-refractivity contribution in [3.63, 3.8) is 0 Å². The predicted octanol–water partition coefficient (Wildman–Crippen LogP) is 4.37. The van der Waals surface area contributed by atoms with E-state index in [1.165, 1.54) is 29.1 Å². The summed E-state index contributed by atoms with van der Waals surface area (Å²) in [7, 11) is 1.65. The molecule has 0 aliphatic rings. The fourth-order valence-corrected chi connectivity index (χ4v) is 4.15. The minimum atomic E-state index is -4.65. The number of amides is 1. The molecule has 3 aromatic heterocycles. The fourth-order valence-electron chi connectivity index (χ4n) is 3.37. The van der Waals surface area contributed by atoms with Crippen molar-refractivity contribution in [1.29, 1.82) is 0 Å². The van der Waals surface area contributed by atoms with Crippen LogP contribution in [0.5, 0.6) is 0 Å². The number of aryl methyl sites for hydroxylation is 1. The molecule has 0 spiro atoms. The van der Waals surface area contributed by atoms with Gasteiger partial charge in [0.1, 0.15) is 17.3 Å². The summed E-state index contributed by atoms with van der Waals surface area (Å²) in [6, 6.07) is 6.48. The first-order valence-corrected chi connectivity index (χ1v) is 10.9. The Morgan fingerprint density at radius 2 is 1.86 bits per heavy atom. The molecule has 4 aromatic rings. The van der Waals surface area contributed by atoms with E-state index in [2.05, 4.69) is 25.6 Å². The number of rotatable bonds is 6. The molecule has 4 rings (SSSR count). The van der Waals surface area contributed by atoms with Crippen molar-refractivity contribution >= 4 is 17.2 Å². The number of carbonyl (C=O) groups is 1. The Kier molecular flexibility index (Phi) is 6.36. The van der Waals surface area contributed by atoms with Crippen molar-refractivity contribution in [2.45, 2.75) is 18.5 Å². The second-order valence-corrected chi connectivity index (χ2v) is 8.84. The van der Waals surface area contributed by atoms with Crippen LogP contribution in [0.3, 0.4) is 0 Å². The molecule has 182 valence electrons. The summed E-state index contributed by atoms with van der Waals surface area (Å²) in [4.78, 5) is 16.6. The summed E-state index contributed by atoms with van der Waals surface area (Å²) in [5.41, 5.74) is -1.66. The smallest absolute Gasteiger partial charge is 0.349 e. The average Bonchev–Trinajstić information content (AvgIpc) is 3.46. The lowest BCUT2D eigenvalue weighted by Gasteiger charge is -2.29. The Balaban J connectivity index is 1.61. The molecule has 7 nitrogen and oxygen atoms in total.